The van der Waals surface area contributed by atoms with Crippen LogP contribution in [0.2, 0.25) is 5.02 Å². The van der Waals surface area contributed by atoms with Crippen molar-refractivity contribution in [2.75, 3.05) is 20.6 Å². The molecule has 2 nitrogen and oxygen atoms in total. The molecule has 1 aliphatic rings. The number of nitrogens with zero attached hydrogens (tertiary/aromatic N) is 1. The summed E-state index contributed by atoms with van der Waals surface area (Å²) in [6.45, 7) is 0.880. The Kier molecular flexibility index (Phi) is 3.05. The zero-order chi connectivity index (χ0) is 11.0. The van der Waals surface area contributed by atoms with E-state index in [9.17, 15) is 4.79 Å². The Bertz CT molecular complexity index is 406. The standard InChI is InChI=1S/C11H12ClNOS/c1-13(2)6-10-8-4-3-7(12)5-9(8)11(14)15-10/h3-5,10H,6H2,1-2H3. The Hall–Kier alpha value is -0.510. The van der Waals surface area contributed by atoms with Crippen molar-refractivity contribution < 1.29 is 4.79 Å². The van der Waals surface area contributed by atoms with Gasteiger partial charge in [0.2, 0.25) is 5.12 Å². The van der Waals surface area contributed by atoms with Crippen LogP contribution in [0.15, 0.2) is 18.2 Å². The average Bonchev–Trinajstić information content (AvgIpc) is 2.42. The molecule has 0 fully saturated rings. The van der Waals surface area contributed by atoms with Gasteiger partial charge in [-0.05, 0) is 31.8 Å². The van der Waals surface area contributed by atoms with Crippen LogP contribution in [0.3, 0.4) is 0 Å². The Morgan fingerprint density at radius 2 is 2.20 bits per heavy atom. The van der Waals surface area contributed by atoms with E-state index in [1.165, 1.54) is 11.8 Å². The second-order valence-corrected chi connectivity index (χ2v) is 5.50. The number of fused-ring (bicyclic) bond motifs is 1. The fourth-order valence-electron chi connectivity index (χ4n) is 1.71. The van der Waals surface area contributed by atoms with Crippen LogP contribution in [0.5, 0.6) is 0 Å². The van der Waals surface area contributed by atoms with Crippen LogP contribution in [0, 0.1) is 0 Å². The molecule has 0 radical (unpaired) electrons. The van der Waals surface area contributed by atoms with Crippen LogP contribution in [0.4, 0.5) is 0 Å². The van der Waals surface area contributed by atoms with E-state index in [0.717, 1.165) is 17.7 Å². The van der Waals surface area contributed by atoms with Crippen LogP contribution in [0.1, 0.15) is 21.2 Å². The van der Waals surface area contributed by atoms with Crippen molar-refractivity contribution in [2.24, 2.45) is 0 Å². The number of thioether (sulfide) groups is 1. The quantitative estimate of drug-likeness (QED) is 0.794. The van der Waals surface area contributed by atoms with Gasteiger partial charge in [-0.25, -0.2) is 0 Å². The molecule has 1 atom stereocenters. The topological polar surface area (TPSA) is 20.3 Å². The van der Waals surface area contributed by atoms with Gasteiger partial charge in [0.25, 0.3) is 0 Å². The van der Waals surface area contributed by atoms with E-state index in [4.69, 9.17) is 11.6 Å². The molecule has 0 spiro atoms. The van der Waals surface area contributed by atoms with E-state index in [1.54, 1.807) is 6.07 Å². The number of benzene rings is 1. The molecular weight excluding hydrogens is 230 g/mol. The first kappa shape index (κ1) is 11.0. The van der Waals surface area contributed by atoms with Crippen molar-refractivity contribution in [2.45, 2.75) is 5.25 Å². The number of rotatable bonds is 2. The lowest BCUT2D eigenvalue weighted by Crippen LogP contribution is -2.17. The lowest BCUT2D eigenvalue weighted by Gasteiger charge is -2.15. The molecule has 1 unspecified atom stereocenters. The molecule has 0 bridgehead atoms. The minimum atomic E-state index is 0.138. The molecule has 1 aromatic carbocycles. The third kappa shape index (κ3) is 2.19. The highest BCUT2D eigenvalue weighted by Crippen LogP contribution is 2.42. The molecule has 1 aliphatic heterocycles. The summed E-state index contributed by atoms with van der Waals surface area (Å²) >= 11 is 7.26. The summed E-state index contributed by atoms with van der Waals surface area (Å²) in [4.78, 5) is 13.8. The Balaban J connectivity index is 2.34. The molecular formula is C11H12ClNOS. The molecule has 0 amide bonds. The Morgan fingerprint density at radius 3 is 2.87 bits per heavy atom. The zero-order valence-electron chi connectivity index (χ0n) is 8.66. The molecule has 0 saturated heterocycles. The SMILES string of the molecule is CN(C)CC1SC(=O)c2cc(Cl)ccc21. The van der Waals surface area contributed by atoms with Gasteiger partial charge in [0.15, 0.2) is 0 Å². The second-order valence-electron chi connectivity index (χ2n) is 3.89. The zero-order valence-corrected chi connectivity index (χ0v) is 10.2. The van der Waals surface area contributed by atoms with Gasteiger partial charge in [0.1, 0.15) is 0 Å². The lowest BCUT2D eigenvalue weighted by molar-refractivity contribution is 0.109. The molecule has 80 valence electrons. The number of carbonyl (C=O) groups is 1. The molecule has 0 aliphatic carbocycles. The maximum Gasteiger partial charge on any atom is 0.220 e. The minimum Gasteiger partial charge on any atom is -0.308 e. The third-order valence-electron chi connectivity index (χ3n) is 2.36. The molecule has 1 heterocycles. The maximum atomic E-state index is 11.7. The van der Waals surface area contributed by atoms with Crippen LogP contribution in [0.25, 0.3) is 0 Å². The molecule has 15 heavy (non-hydrogen) atoms. The third-order valence-corrected chi connectivity index (χ3v) is 3.72. The van der Waals surface area contributed by atoms with Crippen LogP contribution in [-0.2, 0) is 0 Å². The first-order valence-corrected chi connectivity index (χ1v) is 5.99. The number of hydrogen-bond acceptors (Lipinski definition) is 3. The van der Waals surface area contributed by atoms with E-state index < -0.39 is 0 Å². The highest BCUT2D eigenvalue weighted by Gasteiger charge is 2.30. The second kappa shape index (κ2) is 4.16. The average molecular weight is 242 g/mol. The van der Waals surface area contributed by atoms with E-state index in [1.807, 2.05) is 26.2 Å². The number of likely N-dealkylation sites (N-methyl/N-ethyl adjacent to an activating group) is 1. The first-order valence-electron chi connectivity index (χ1n) is 4.73. The monoisotopic (exact) mass is 241 g/mol. The van der Waals surface area contributed by atoms with E-state index in [-0.39, 0.29) is 10.4 Å². The minimum absolute atomic E-state index is 0.138. The van der Waals surface area contributed by atoms with Gasteiger partial charge >= 0.3 is 0 Å². The predicted molar refractivity (Wildman–Crippen MR) is 64.7 cm³/mol. The van der Waals surface area contributed by atoms with Crippen LogP contribution < -0.4 is 0 Å². The summed E-state index contributed by atoms with van der Waals surface area (Å²) < 4.78 is 0. The van der Waals surface area contributed by atoms with Crippen LogP contribution >= 0.6 is 23.4 Å². The largest absolute Gasteiger partial charge is 0.308 e. The molecule has 0 aromatic heterocycles. The van der Waals surface area contributed by atoms with Gasteiger partial charge in [-0.2, -0.15) is 0 Å². The summed E-state index contributed by atoms with van der Waals surface area (Å²) in [5, 5.41) is 1.02. The Labute approximate surface area is 98.6 Å². The Morgan fingerprint density at radius 1 is 1.47 bits per heavy atom. The summed E-state index contributed by atoms with van der Waals surface area (Å²) in [7, 11) is 4.03. The van der Waals surface area contributed by atoms with Crippen molar-refractivity contribution in [3.8, 4) is 0 Å². The van der Waals surface area contributed by atoms with Gasteiger partial charge in [0, 0.05) is 17.1 Å². The smallest absolute Gasteiger partial charge is 0.220 e. The summed E-state index contributed by atoms with van der Waals surface area (Å²) in [5.74, 6) is 0. The molecule has 0 N–H and O–H groups in total. The van der Waals surface area contributed by atoms with Crippen molar-refractivity contribution >= 4 is 28.5 Å². The number of halogens is 1. The summed E-state index contributed by atoms with van der Waals surface area (Å²) in [6, 6.07) is 5.58. The van der Waals surface area contributed by atoms with Crippen molar-refractivity contribution in [1.29, 1.82) is 0 Å². The van der Waals surface area contributed by atoms with E-state index in [0.29, 0.717) is 5.02 Å². The maximum absolute atomic E-state index is 11.7. The van der Waals surface area contributed by atoms with Gasteiger partial charge in [-0.15, -0.1) is 0 Å². The fourth-order valence-corrected chi connectivity index (χ4v) is 3.15. The summed E-state index contributed by atoms with van der Waals surface area (Å²) in [5.41, 5.74) is 1.89. The van der Waals surface area contributed by atoms with E-state index in [2.05, 4.69) is 4.90 Å². The summed E-state index contributed by atoms with van der Waals surface area (Å²) in [6.07, 6.45) is 0. The van der Waals surface area contributed by atoms with Gasteiger partial charge in [-0.3, -0.25) is 4.79 Å². The number of carbonyl (C=O) groups excluding carboxylic acids is 1. The van der Waals surface area contributed by atoms with Crippen LogP contribution in [-0.4, -0.2) is 30.7 Å². The fraction of sp³-hybridized carbons (Fsp3) is 0.364. The van der Waals surface area contributed by atoms with Crippen molar-refractivity contribution in [3.05, 3.63) is 34.3 Å². The van der Waals surface area contributed by atoms with Gasteiger partial charge in [0.05, 0.1) is 5.25 Å². The van der Waals surface area contributed by atoms with Crippen molar-refractivity contribution in [3.63, 3.8) is 0 Å². The molecule has 2 rings (SSSR count). The van der Waals surface area contributed by atoms with Gasteiger partial charge < -0.3 is 4.90 Å². The first-order chi connectivity index (χ1) is 7.08. The van der Waals surface area contributed by atoms with Gasteiger partial charge in [-0.1, -0.05) is 29.4 Å². The lowest BCUT2D eigenvalue weighted by atomic mass is 10.1. The molecule has 0 saturated carbocycles. The van der Waals surface area contributed by atoms with E-state index >= 15 is 0 Å². The molecule has 1 aromatic rings. The molecule has 4 heteroatoms. The van der Waals surface area contributed by atoms with Crippen molar-refractivity contribution in [1.82, 2.24) is 4.90 Å². The number of hydrogen-bond donors (Lipinski definition) is 0. The predicted octanol–water partition coefficient (Wildman–Crippen LogP) is 2.83. The normalized spacial score (nSPS) is 19.7. The highest BCUT2D eigenvalue weighted by molar-refractivity contribution is 8.14. The highest BCUT2D eigenvalue weighted by atomic mass is 35.5.